The molecule has 162 valence electrons. The van der Waals surface area contributed by atoms with Gasteiger partial charge in [0, 0.05) is 9.13 Å². The lowest BCUT2D eigenvalue weighted by molar-refractivity contribution is -0.127. The van der Waals surface area contributed by atoms with Gasteiger partial charge in [-0.25, -0.2) is 0 Å². The standard InChI is InChI=1S/C21H18I2N2O5S/c1-3-30-19-12(8-13(22)10-14(19)23)9-17-20(27)25(21(28)31-17)11-18(26)24-15-6-4-5-7-16(15)29-2/h4-10H,3,11H2,1-2H3,(H,24,26)/b17-9+. The third kappa shape index (κ3) is 5.71. The number of para-hydroxylation sites is 2. The van der Waals surface area contributed by atoms with Gasteiger partial charge >= 0.3 is 0 Å². The van der Waals surface area contributed by atoms with Crippen molar-refractivity contribution < 1.29 is 23.9 Å². The van der Waals surface area contributed by atoms with Gasteiger partial charge in [-0.1, -0.05) is 12.1 Å². The van der Waals surface area contributed by atoms with E-state index in [-0.39, 0.29) is 11.4 Å². The zero-order valence-corrected chi connectivity index (χ0v) is 21.7. The monoisotopic (exact) mass is 664 g/mol. The second-order valence-corrected chi connectivity index (χ2v) is 9.66. The predicted octanol–water partition coefficient (Wildman–Crippen LogP) is 4.98. The van der Waals surface area contributed by atoms with Crippen LogP contribution in [0.25, 0.3) is 6.08 Å². The number of ether oxygens (including phenoxy) is 2. The number of nitrogens with zero attached hydrogens (tertiary/aromatic N) is 1. The minimum absolute atomic E-state index is 0.244. The van der Waals surface area contributed by atoms with Gasteiger partial charge in [-0.3, -0.25) is 19.3 Å². The van der Waals surface area contributed by atoms with E-state index >= 15 is 0 Å². The first-order valence-electron chi connectivity index (χ1n) is 9.14. The molecule has 10 heteroatoms. The van der Waals surface area contributed by atoms with E-state index < -0.39 is 17.1 Å². The van der Waals surface area contributed by atoms with E-state index in [1.807, 2.05) is 19.1 Å². The van der Waals surface area contributed by atoms with Gasteiger partial charge in [-0.05, 0) is 94.2 Å². The summed E-state index contributed by atoms with van der Waals surface area (Å²) in [6.45, 7) is 1.97. The molecule has 0 aromatic heterocycles. The first-order chi connectivity index (χ1) is 14.8. The summed E-state index contributed by atoms with van der Waals surface area (Å²) in [6.07, 6.45) is 1.64. The summed E-state index contributed by atoms with van der Waals surface area (Å²) in [7, 11) is 1.49. The lowest BCUT2D eigenvalue weighted by Gasteiger charge is -2.14. The van der Waals surface area contributed by atoms with Gasteiger partial charge in [-0.15, -0.1) is 0 Å². The fraction of sp³-hybridized carbons (Fsp3) is 0.190. The smallest absolute Gasteiger partial charge is 0.294 e. The van der Waals surface area contributed by atoms with Gasteiger partial charge in [0.2, 0.25) is 5.91 Å². The highest BCUT2D eigenvalue weighted by atomic mass is 127. The van der Waals surface area contributed by atoms with E-state index in [4.69, 9.17) is 9.47 Å². The second kappa shape index (κ2) is 10.7. The molecule has 0 saturated carbocycles. The van der Waals surface area contributed by atoms with Crippen LogP contribution >= 0.6 is 56.9 Å². The summed E-state index contributed by atoms with van der Waals surface area (Å²) in [6, 6.07) is 10.8. The van der Waals surface area contributed by atoms with Crippen LogP contribution in [0.5, 0.6) is 11.5 Å². The molecule has 2 aromatic carbocycles. The number of rotatable bonds is 7. The summed E-state index contributed by atoms with van der Waals surface area (Å²) in [5.74, 6) is 0.138. The fourth-order valence-electron chi connectivity index (χ4n) is 2.84. The summed E-state index contributed by atoms with van der Waals surface area (Å²) in [5.41, 5.74) is 1.18. The molecule has 1 heterocycles. The highest BCUT2D eigenvalue weighted by Gasteiger charge is 2.36. The molecule has 1 N–H and O–H groups in total. The Kier molecular flexibility index (Phi) is 8.22. The van der Waals surface area contributed by atoms with Gasteiger partial charge in [0.25, 0.3) is 11.1 Å². The van der Waals surface area contributed by atoms with Crippen LogP contribution in [0.15, 0.2) is 41.3 Å². The highest BCUT2D eigenvalue weighted by molar-refractivity contribution is 14.1. The number of imide groups is 1. The van der Waals surface area contributed by atoms with Gasteiger partial charge in [0.05, 0.1) is 27.9 Å². The molecule has 0 aliphatic carbocycles. The van der Waals surface area contributed by atoms with Crippen LogP contribution in [0.3, 0.4) is 0 Å². The van der Waals surface area contributed by atoms with E-state index in [1.54, 1.807) is 30.3 Å². The molecule has 0 radical (unpaired) electrons. The molecule has 0 atom stereocenters. The van der Waals surface area contributed by atoms with Crippen molar-refractivity contribution in [3.63, 3.8) is 0 Å². The highest BCUT2D eigenvalue weighted by Crippen LogP contribution is 2.36. The van der Waals surface area contributed by atoms with Crippen molar-refractivity contribution >= 4 is 85.8 Å². The zero-order chi connectivity index (χ0) is 22.5. The number of halogens is 2. The van der Waals surface area contributed by atoms with Crippen LogP contribution in [0.2, 0.25) is 0 Å². The fourth-order valence-corrected chi connectivity index (χ4v) is 5.72. The molecule has 1 aliphatic heterocycles. The molecular weight excluding hydrogens is 646 g/mol. The number of benzene rings is 2. The molecule has 31 heavy (non-hydrogen) atoms. The van der Waals surface area contributed by atoms with Gasteiger partial charge < -0.3 is 14.8 Å². The normalized spacial score (nSPS) is 14.8. The van der Waals surface area contributed by atoms with Gasteiger partial charge in [-0.2, -0.15) is 0 Å². The van der Waals surface area contributed by atoms with Crippen LogP contribution in [0.4, 0.5) is 10.5 Å². The molecule has 3 rings (SSSR count). The molecule has 1 saturated heterocycles. The maximum atomic E-state index is 12.8. The Bertz CT molecular complexity index is 1070. The van der Waals surface area contributed by atoms with Crippen LogP contribution in [0, 0.1) is 7.14 Å². The maximum Gasteiger partial charge on any atom is 0.294 e. The Labute approximate surface area is 211 Å². The molecule has 7 nitrogen and oxygen atoms in total. The lowest BCUT2D eigenvalue weighted by atomic mass is 10.2. The number of thioether (sulfide) groups is 1. The molecule has 0 spiro atoms. The zero-order valence-electron chi connectivity index (χ0n) is 16.6. The third-order valence-corrected chi connectivity index (χ3v) is 6.50. The number of hydrogen-bond acceptors (Lipinski definition) is 6. The number of hydrogen-bond donors (Lipinski definition) is 1. The Balaban J connectivity index is 1.79. The van der Waals surface area contributed by atoms with E-state index in [2.05, 4.69) is 50.5 Å². The maximum absolute atomic E-state index is 12.8. The molecule has 3 amide bonds. The summed E-state index contributed by atoms with van der Waals surface area (Å²) in [4.78, 5) is 38.9. The van der Waals surface area contributed by atoms with Crippen molar-refractivity contribution in [3.05, 3.63) is 54.0 Å². The van der Waals surface area contributed by atoms with Crippen molar-refractivity contribution in [2.45, 2.75) is 6.92 Å². The molecule has 2 aromatic rings. The number of carbonyl (C=O) groups is 3. The second-order valence-electron chi connectivity index (χ2n) is 6.26. The first-order valence-corrected chi connectivity index (χ1v) is 12.1. The number of nitrogens with one attached hydrogen (secondary N) is 1. The summed E-state index contributed by atoms with van der Waals surface area (Å²) >= 11 is 5.17. The van der Waals surface area contributed by atoms with Gasteiger partial charge in [0.1, 0.15) is 18.0 Å². The van der Waals surface area contributed by atoms with Gasteiger partial charge in [0.15, 0.2) is 0 Å². The average molecular weight is 664 g/mol. The van der Waals surface area contributed by atoms with Crippen molar-refractivity contribution in [3.8, 4) is 11.5 Å². The quantitative estimate of drug-likeness (QED) is 0.333. The van der Waals surface area contributed by atoms with E-state index in [0.29, 0.717) is 29.4 Å². The van der Waals surface area contributed by atoms with Crippen LogP contribution in [0.1, 0.15) is 12.5 Å². The number of amides is 3. The van der Waals surface area contributed by atoms with E-state index in [9.17, 15) is 14.4 Å². The van der Waals surface area contributed by atoms with E-state index in [1.165, 1.54) is 7.11 Å². The van der Waals surface area contributed by atoms with Crippen LogP contribution in [-0.2, 0) is 9.59 Å². The van der Waals surface area contributed by atoms with E-state index in [0.717, 1.165) is 23.8 Å². The minimum Gasteiger partial charge on any atom is -0.495 e. The largest absolute Gasteiger partial charge is 0.495 e. The predicted molar refractivity (Wildman–Crippen MR) is 137 cm³/mol. The van der Waals surface area contributed by atoms with Crippen molar-refractivity contribution in [1.82, 2.24) is 4.90 Å². The Morgan fingerprint density at radius 3 is 2.68 bits per heavy atom. The first kappa shape index (κ1) is 23.9. The number of anilines is 1. The SMILES string of the molecule is CCOc1c(I)cc(I)cc1/C=C1/SC(=O)N(CC(=O)Nc2ccccc2OC)C1=O. The lowest BCUT2D eigenvalue weighted by Crippen LogP contribution is -2.36. The third-order valence-electron chi connectivity index (χ3n) is 4.17. The summed E-state index contributed by atoms with van der Waals surface area (Å²) in [5, 5.41) is 2.18. The Morgan fingerprint density at radius 2 is 1.97 bits per heavy atom. The summed E-state index contributed by atoms with van der Waals surface area (Å²) < 4.78 is 12.8. The minimum atomic E-state index is -0.513. The van der Waals surface area contributed by atoms with Crippen LogP contribution in [-0.4, -0.2) is 42.2 Å². The van der Waals surface area contributed by atoms with Crippen molar-refractivity contribution in [2.24, 2.45) is 0 Å². The molecular formula is C21H18I2N2O5S. The van der Waals surface area contributed by atoms with Crippen molar-refractivity contribution in [2.75, 3.05) is 25.6 Å². The molecule has 0 unspecified atom stereocenters. The molecule has 1 fully saturated rings. The molecule has 1 aliphatic rings. The Morgan fingerprint density at radius 1 is 1.23 bits per heavy atom. The number of carbonyl (C=O) groups excluding carboxylic acids is 3. The molecule has 0 bridgehead atoms. The topological polar surface area (TPSA) is 84.9 Å². The van der Waals surface area contributed by atoms with Crippen molar-refractivity contribution in [1.29, 1.82) is 0 Å². The Hall–Kier alpha value is -1.80. The number of methoxy groups -OCH3 is 1. The average Bonchev–Trinajstić information content (AvgIpc) is 2.98. The van der Waals surface area contributed by atoms with Crippen LogP contribution < -0.4 is 14.8 Å².